The molecule has 0 saturated carbocycles. The van der Waals surface area contributed by atoms with Crippen LogP contribution in [0.15, 0.2) is 24.3 Å². The van der Waals surface area contributed by atoms with Crippen molar-refractivity contribution < 1.29 is 23.4 Å². The number of carboxylic acid groups (broad SMARTS) is 1. The van der Waals surface area contributed by atoms with E-state index in [0.717, 1.165) is 0 Å². The minimum Gasteiger partial charge on any atom is -0.481 e. The highest BCUT2D eigenvalue weighted by molar-refractivity contribution is 5.66. The van der Waals surface area contributed by atoms with E-state index < -0.39 is 12.6 Å². The molecule has 0 aliphatic rings. The fourth-order valence-corrected chi connectivity index (χ4v) is 2.33. The van der Waals surface area contributed by atoms with Crippen molar-refractivity contribution in [2.24, 2.45) is 0 Å². The highest BCUT2D eigenvalue weighted by atomic mass is 19.3. The van der Waals surface area contributed by atoms with Gasteiger partial charge in [-0.2, -0.15) is 8.78 Å². The molecule has 0 aliphatic heterocycles. The van der Waals surface area contributed by atoms with Crippen LogP contribution in [0, 0.1) is 0 Å². The van der Waals surface area contributed by atoms with Crippen LogP contribution in [0.5, 0.6) is 5.75 Å². The van der Waals surface area contributed by atoms with E-state index in [4.69, 9.17) is 5.11 Å². The van der Waals surface area contributed by atoms with Gasteiger partial charge in [0.2, 0.25) is 0 Å². The van der Waals surface area contributed by atoms with E-state index in [-0.39, 0.29) is 24.3 Å². The number of alkyl halides is 2. The van der Waals surface area contributed by atoms with Gasteiger partial charge in [-0.05, 0) is 26.8 Å². The molecule has 0 radical (unpaired) electrons. The van der Waals surface area contributed by atoms with E-state index in [0.29, 0.717) is 12.1 Å². The van der Waals surface area contributed by atoms with Crippen molar-refractivity contribution in [3.8, 4) is 5.75 Å². The summed E-state index contributed by atoms with van der Waals surface area (Å²) in [6.45, 7) is 3.20. The summed E-state index contributed by atoms with van der Waals surface area (Å²) in [6, 6.07) is 6.45. The third-order valence-electron chi connectivity index (χ3n) is 3.33. The number of benzene rings is 1. The zero-order valence-electron chi connectivity index (χ0n) is 12.4. The minimum atomic E-state index is -2.88. The van der Waals surface area contributed by atoms with Crippen molar-refractivity contribution in [1.82, 2.24) is 4.90 Å². The highest BCUT2D eigenvalue weighted by Gasteiger charge is 2.23. The Balaban J connectivity index is 2.97. The fraction of sp³-hybridized carbons (Fsp3) is 0.533. The average Bonchev–Trinajstić information content (AvgIpc) is 2.37. The molecule has 1 N–H and O–H groups in total. The first kappa shape index (κ1) is 17.4. The van der Waals surface area contributed by atoms with Gasteiger partial charge in [0.05, 0.1) is 6.42 Å². The van der Waals surface area contributed by atoms with E-state index in [9.17, 15) is 13.6 Å². The van der Waals surface area contributed by atoms with E-state index >= 15 is 0 Å². The summed E-state index contributed by atoms with van der Waals surface area (Å²) in [5.41, 5.74) is 0.622. The molecular weight excluding hydrogens is 280 g/mol. The van der Waals surface area contributed by atoms with Crippen molar-refractivity contribution in [3.63, 3.8) is 0 Å². The maximum absolute atomic E-state index is 12.5. The topological polar surface area (TPSA) is 49.8 Å². The van der Waals surface area contributed by atoms with Crippen LogP contribution in [0.3, 0.4) is 0 Å². The van der Waals surface area contributed by atoms with Crippen LogP contribution in [-0.4, -0.2) is 35.2 Å². The van der Waals surface area contributed by atoms with Crippen LogP contribution in [0.4, 0.5) is 8.78 Å². The first-order valence-electron chi connectivity index (χ1n) is 6.84. The number of halogens is 2. The van der Waals surface area contributed by atoms with Gasteiger partial charge in [0, 0.05) is 24.2 Å². The predicted octanol–water partition coefficient (Wildman–Crippen LogP) is 3.53. The molecule has 1 atom stereocenters. The number of ether oxygens (including phenoxy) is 1. The molecule has 4 nitrogen and oxygen atoms in total. The molecule has 0 aromatic heterocycles. The van der Waals surface area contributed by atoms with Gasteiger partial charge in [0.15, 0.2) is 0 Å². The lowest BCUT2D eigenvalue weighted by molar-refractivity contribution is -0.137. The quantitative estimate of drug-likeness (QED) is 0.798. The first-order chi connectivity index (χ1) is 9.82. The molecule has 0 spiro atoms. The summed E-state index contributed by atoms with van der Waals surface area (Å²) < 4.78 is 29.5. The zero-order valence-corrected chi connectivity index (χ0v) is 12.4. The number of aliphatic carboxylic acids is 1. The SMILES string of the molecule is CC(C)N(CCC(=O)O)C(C)c1ccccc1OC(F)F. The van der Waals surface area contributed by atoms with Crippen LogP contribution in [0.25, 0.3) is 0 Å². The number of hydrogen-bond acceptors (Lipinski definition) is 3. The van der Waals surface area contributed by atoms with Crippen molar-refractivity contribution >= 4 is 5.97 Å². The number of nitrogens with zero attached hydrogens (tertiary/aromatic N) is 1. The molecule has 0 bridgehead atoms. The second kappa shape index (κ2) is 7.93. The Kier molecular flexibility index (Phi) is 6.55. The van der Waals surface area contributed by atoms with Crippen LogP contribution in [0.2, 0.25) is 0 Å². The standard InChI is InChI=1S/C15H21F2NO3/c1-10(2)18(9-8-14(19)20)11(3)12-6-4-5-7-13(12)21-15(16)17/h4-7,10-11,15H,8-9H2,1-3H3,(H,19,20). The van der Waals surface area contributed by atoms with Crippen molar-refractivity contribution in [1.29, 1.82) is 0 Å². The molecule has 0 amide bonds. The monoisotopic (exact) mass is 301 g/mol. The number of para-hydroxylation sites is 1. The second-order valence-electron chi connectivity index (χ2n) is 5.07. The summed E-state index contributed by atoms with van der Waals surface area (Å²) in [5.74, 6) is -0.758. The summed E-state index contributed by atoms with van der Waals surface area (Å²) >= 11 is 0. The molecule has 0 heterocycles. The molecule has 1 aromatic rings. The normalized spacial score (nSPS) is 13.0. The van der Waals surface area contributed by atoms with Gasteiger partial charge >= 0.3 is 12.6 Å². The van der Waals surface area contributed by atoms with Crippen LogP contribution >= 0.6 is 0 Å². The van der Waals surface area contributed by atoms with Gasteiger partial charge in [-0.15, -0.1) is 0 Å². The average molecular weight is 301 g/mol. The highest BCUT2D eigenvalue weighted by Crippen LogP contribution is 2.31. The van der Waals surface area contributed by atoms with Crippen molar-refractivity contribution in [2.45, 2.75) is 45.9 Å². The zero-order chi connectivity index (χ0) is 16.0. The maximum Gasteiger partial charge on any atom is 0.387 e. The fourth-order valence-electron chi connectivity index (χ4n) is 2.33. The van der Waals surface area contributed by atoms with Crippen molar-refractivity contribution in [3.05, 3.63) is 29.8 Å². The van der Waals surface area contributed by atoms with Crippen LogP contribution in [0.1, 0.15) is 38.8 Å². The van der Waals surface area contributed by atoms with Crippen LogP contribution in [-0.2, 0) is 4.79 Å². The van der Waals surface area contributed by atoms with Crippen LogP contribution < -0.4 is 4.74 Å². The molecule has 6 heteroatoms. The van der Waals surface area contributed by atoms with E-state index in [2.05, 4.69) is 4.74 Å². The molecule has 0 aliphatic carbocycles. The van der Waals surface area contributed by atoms with Gasteiger partial charge in [0.1, 0.15) is 5.75 Å². The Morgan fingerprint density at radius 3 is 2.43 bits per heavy atom. The lowest BCUT2D eigenvalue weighted by Gasteiger charge is -2.33. The van der Waals surface area contributed by atoms with Crippen molar-refractivity contribution in [2.75, 3.05) is 6.54 Å². The number of carbonyl (C=O) groups is 1. The summed E-state index contributed by atoms with van der Waals surface area (Å²) in [7, 11) is 0. The molecule has 1 unspecified atom stereocenters. The Bertz CT molecular complexity index is 466. The van der Waals surface area contributed by atoms with Gasteiger partial charge in [-0.1, -0.05) is 18.2 Å². The molecule has 118 valence electrons. The Hall–Kier alpha value is -1.69. The number of hydrogen-bond donors (Lipinski definition) is 1. The Labute approximate surface area is 123 Å². The Morgan fingerprint density at radius 1 is 1.29 bits per heavy atom. The largest absolute Gasteiger partial charge is 0.481 e. The third-order valence-corrected chi connectivity index (χ3v) is 3.33. The summed E-state index contributed by atoms with van der Waals surface area (Å²) in [5, 5.41) is 8.82. The smallest absolute Gasteiger partial charge is 0.387 e. The minimum absolute atomic E-state index is 0.000388. The molecule has 1 rings (SSSR count). The molecule has 21 heavy (non-hydrogen) atoms. The molecule has 0 saturated heterocycles. The number of carboxylic acids is 1. The van der Waals surface area contributed by atoms with E-state index in [1.54, 1.807) is 18.2 Å². The summed E-state index contributed by atoms with van der Waals surface area (Å²) in [4.78, 5) is 12.7. The third kappa shape index (κ3) is 5.30. The van der Waals surface area contributed by atoms with Gasteiger partial charge in [-0.25, -0.2) is 0 Å². The number of rotatable bonds is 8. The predicted molar refractivity (Wildman–Crippen MR) is 75.6 cm³/mol. The second-order valence-corrected chi connectivity index (χ2v) is 5.07. The summed E-state index contributed by atoms with van der Waals surface area (Å²) in [6.07, 6.45) is 0.000388. The lowest BCUT2D eigenvalue weighted by atomic mass is 10.0. The maximum atomic E-state index is 12.5. The van der Waals surface area contributed by atoms with Gasteiger partial charge in [0.25, 0.3) is 0 Å². The van der Waals surface area contributed by atoms with Gasteiger partial charge < -0.3 is 9.84 Å². The van der Waals surface area contributed by atoms with E-state index in [1.165, 1.54) is 6.07 Å². The molecule has 1 aromatic carbocycles. The van der Waals surface area contributed by atoms with Gasteiger partial charge in [-0.3, -0.25) is 9.69 Å². The lowest BCUT2D eigenvalue weighted by Crippen LogP contribution is -2.35. The molecular formula is C15H21F2NO3. The molecule has 0 fully saturated rings. The first-order valence-corrected chi connectivity index (χ1v) is 6.84. The van der Waals surface area contributed by atoms with E-state index in [1.807, 2.05) is 25.7 Å². The Morgan fingerprint density at radius 2 is 1.90 bits per heavy atom.